The zero-order valence-electron chi connectivity index (χ0n) is 12.4. The summed E-state index contributed by atoms with van der Waals surface area (Å²) in [7, 11) is 0. The van der Waals surface area contributed by atoms with Gasteiger partial charge in [0.15, 0.2) is 0 Å². The van der Waals surface area contributed by atoms with Crippen LogP contribution in [0.2, 0.25) is 0 Å². The monoisotopic (exact) mass is 344 g/mol. The molecule has 7 heteroatoms. The second kappa shape index (κ2) is 7.10. The molecule has 1 aromatic rings. The van der Waals surface area contributed by atoms with Gasteiger partial charge in [0.1, 0.15) is 5.75 Å². The molecule has 0 bridgehead atoms. The van der Waals surface area contributed by atoms with Crippen LogP contribution in [0, 0.1) is 0 Å². The van der Waals surface area contributed by atoms with E-state index >= 15 is 0 Å². The third-order valence-corrected chi connectivity index (χ3v) is 3.51. The van der Waals surface area contributed by atoms with Gasteiger partial charge in [0.25, 0.3) is 0 Å². The second-order valence-corrected chi connectivity index (χ2v) is 5.51. The van der Waals surface area contributed by atoms with Gasteiger partial charge in [0, 0.05) is 12.7 Å². The van der Waals surface area contributed by atoms with E-state index in [0.717, 1.165) is 22.4 Å². The molecule has 0 radical (unpaired) electrons. The molecule has 0 fully saturated rings. The van der Waals surface area contributed by atoms with E-state index in [1.54, 1.807) is 12.1 Å². The fourth-order valence-electron chi connectivity index (χ4n) is 2.19. The zero-order chi connectivity index (χ0) is 17.0. The highest BCUT2D eigenvalue weighted by Gasteiger charge is 2.30. The number of alkyl halides is 3. The summed E-state index contributed by atoms with van der Waals surface area (Å²) in [6, 6.07) is 5.75. The molecule has 0 aromatic heterocycles. The van der Waals surface area contributed by atoms with Gasteiger partial charge >= 0.3 is 6.36 Å². The second-order valence-electron chi connectivity index (χ2n) is 5.05. The van der Waals surface area contributed by atoms with Gasteiger partial charge in [-0.1, -0.05) is 29.8 Å². The van der Waals surface area contributed by atoms with Gasteiger partial charge in [0.2, 0.25) is 0 Å². The summed E-state index contributed by atoms with van der Waals surface area (Å²) >= 11 is 6.13. The number of benzene rings is 1. The van der Waals surface area contributed by atoms with E-state index < -0.39 is 6.36 Å². The summed E-state index contributed by atoms with van der Waals surface area (Å²) < 4.78 is 40.3. The van der Waals surface area contributed by atoms with Crippen LogP contribution in [-0.2, 0) is 6.42 Å². The standard InChI is InChI=1S/C16H16ClF3N2O/c1-10-6-12(15(22-9-10)14(17)8-21)7-11-2-4-13(5-3-11)23-16(18,19)20/h2-6,9,22H,7-8,21H2,1H3/b15-14+. The van der Waals surface area contributed by atoms with Crippen molar-refractivity contribution in [2.75, 3.05) is 6.54 Å². The topological polar surface area (TPSA) is 47.3 Å². The van der Waals surface area contributed by atoms with Crippen molar-refractivity contribution in [2.45, 2.75) is 19.7 Å². The van der Waals surface area contributed by atoms with E-state index in [4.69, 9.17) is 17.3 Å². The minimum atomic E-state index is -4.69. The van der Waals surface area contributed by atoms with Crippen molar-refractivity contribution in [3.8, 4) is 5.75 Å². The van der Waals surface area contributed by atoms with E-state index in [2.05, 4.69) is 10.1 Å². The predicted molar refractivity (Wildman–Crippen MR) is 83.7 cm³/mol. The molecule has 2 rings (SSSR count). The Labute approximate surface area is 137 Å². The van der Waals surface area contributed by atoms with Gasteiger partial charge in [-0.15, -0.1) is 13.2 Å². The number of rotatable bonds is 4. The molecule has 3 nitrogen and oxygen atoms in total. The normalized spacial score (nSPS) is 17.1. The maximum Gasteiger partial charge on any atom is 0.573 e. The van der Waals surface area contributed by atoms with Crippen molar-refractivity contribution in [3.63, 3.8) is 0 Å². The maximum absolute atomic E-state index is 12.2. The number of ether oxygens (including phenoxy) is 1. The molecule has 1 aromatic carbocycles. The summed E-state index contributed by atoms with van der Waals surface area (Å²) in [6.07, 6.45) is -0.402. The number of allylic oxidation sites excluding steroid dienone is 3. The van der Waals surface area contributed by atoms with Crippen molar-refractivity contribution in [3.05, 3.63) is 64.0 Å². The highest BCUT2D eigenvalue weighted by molar-refractivity contribution is 6.30. The minimum Gasteiger partial charge on any atom is -0.406 e. The third-order valence-electron chi connectivity index (χ3n) is 3.17. The molecule has 1 aliphatic rings. The predicted octanol–water partition coefficient (Wildman–Crippen LogP) is 3.97. The summed E-state index contributed by atoms with van der Waals surface area (Å²) in [5.41, 5.74) is 9.07. The van der Waals surface area contributed by atoms with Crippen molar-refractivity contribution >= 4 is 11.6 Å². The van der Waals surface area contributed by atoms with E-state index in [1.165, 1.54) is 12.1 Å². The molecule has 0 spiro atoms. The molecule has 3 N–H and O–H groups in total. The first-order chi connectivity index (χ1) is 10.8. The molecule has 23 heavy (non-hydrogen) atoms. The van der Waals surface area contributed by atoms with E-state index in [0.29, 0.717) is 11.5 Å². The molecule has 0 saturated carbocycles. The summed E-state index contributed by atoms with van der Waals surface area (Å²) in [6.45, 7) is 2.13. The van der Waals surface area contributed by atoms with E-state index in [9.17, 15) is 13.2 Å². The van der Waals surface area contributed by atoms with Crippen molar-refractivity contribution in [1.82, 2.24) is 5.32 Å². The first-order valence-corrected chi connectivity index (χ1v) is 7.24. The van der Waals surface area contributed by atoms with Gasteiger partial charge in [-0.25, -0.2) is 0 Å². The van der Waals surface area contributed by atoms with Crippen LogP contribution in [-0.4, -0.2) is 12.9 Å². The fourth-order valence-corrected chi connectivity index (χ4v) is 2.37. The van der Waals surface area contributed by atoms with Crippen molar-refractivity contribution in [1.29, 1.82) is 0 Å². The third kappa shape index (κ3) is 5.04. The number of hydrogen-bond donors (Lipinski definition) is 2. The van der Waals surface area contributed by atoms with E-state index in [-0.39, 0.29) is 12.3 Å². The molecular weight excluding hydrogens is 329 g/mol. The van der Waals surface area contributed by atoms with Crippen molar-refractivity contribution < 1.29 is 17.9 Å². The van der Waals surface area contributed by atoms with Gasteiger partial charge < -0.3 is 15.8 Å². The van der Waals surface area contributed by atoms with Gasteiger partial charge in [-0.2, -0.15) is 0 Å². The van der Waals surface area contributed by atoms with Crippen LogP contribution < -0.4 is 15.8 Å². The first-order valence-electron chi connectivity index (χ1n) is 6.86. The fraction of sp³-hybridized carbons (Fsp3) is 0.250. The number of dihydropyridines is 1. The smallest absolute Gasteiger partial charge is 0.406 e. The number of hydrogen-bond acceptors (Lipinski definition) is 3. The van der Waals surface area contributed by atoms with Crippen LogP contribution >= 0.6 is 11.6 Å². The molecule has 0 aliphatic carbocycles. The van der Waals surface area contributed by atoms with Crippen LogP contribution in [0.4, 0.5) is 13.2 Å². The average Bonchev–Trinajstić information content (AvgIpc) is 2.47. The lowest BCUT2D eigenvalue weighted by atomic mass is 9.98. The Bertz CT molecular complexity index is 661. The molecular formula is C16H16ClF3N2O. The average molecular weight is 345 g/mol. The van der Waals surface area contributed by atoms with Crippen molar-refractivity contribution in [2.24, 2.45) is 5.73 Å². The van der Waals surface area contributed by atoms with Crippen LogP contribution in [0.15, 0.2) is 58.4 Å². The number of nitrogens with two attached hydrogens (primary N) is 1. The molecule has 0 amide bonds. The van der Waals surface area contributed by atoms with Crippen LogP contribution in [0.3, 0.4) is 0 Å². The molecule has 1 heterocycles. The highest BCUT2D eigenvalue weighted by atomic mass is 35.5. The highest BCUT2D eigenvalue weighted by Crippen LogP contribution is 2.26. The van der Waals surface area contributed by atoms with Gasteiger partial charge in [-0.05, 0) is 42.2 Å². The summed E-state index contributed by atoms with van der Waals surface area (Å²) in [5.74, 6) is -0.246. The molecule has 0 unspecified atom stereocenters. The quantitative estimate of drug-likeness (QED) is 0.868. The minimum absolute atomic E-state index is 0.201. The number of halogens is 4. The zero-order valence-corrected chi connectivity index (χ0v) is 13.1. The SMILES string of the molecule is CC1=CN/C(=C(/Cl)CN)C(Cc2ccc(OC(F)(F)F)cc2)=C1. The largest absolute Gasteiger partial charge is 0.573 e. The molecule has 0 saturated heterocycles. The Hall–Kier alpha value is -1.92. The molecule has 0 atom stereocenters. The van der Waals surface area contributed by atoms with E-state index in [1.807, 2.05) is 19.2 Å². The first kappa shape index (κ1) is 17.4. The lowest BCUT2D eigenvalue weighted by Gasteiger charge is -2.19. The molecule has 124 valence electrons. The Balaban J connectivity index is 2.18. The summed E-state index contributed by atoms with van der Waals surface area (Å²) in [4.78, 5) is 0. The lowest BCUT2D eigenvalue weighted by molar-refractivity contribution is -0.274. The molecule has 1 aliphatic heterocycles. The Morgan fingerprint density at radius 1 is 1.26 bits per heavy atom. The number of nitrogens with one attached hydrogen (secondary N) is 1. The van der Waals surface area contributed by atoms with Gasteiger partial charge in [0.05, 0.1) is 10.7 Å². The Morgan fingerprint density at radius 3 is 2.48 bits per heavy atom. The van der Waals surface area contributed by atoms with Gasteiger partial charge in [-0.3, -0.25) is 0 Å². The maximum atomic E-state index is 12.2. The van der Waals surface area contributed by atoms with Crippen LogP contribution in [0.25, 0.3) is 0 Å². The van der Waals surface area contributed by atoms with Crippen LogP contribution in [0.5, 0.6) is 5.75 Å². The Kier molecular flexibility index (Phi) is 5.38. The van der Waals surface area contributed by atoms with Crippen LogP contribution in [0.1, 0.15) is 12.5 Å². The summed E-state index contributed by atoms with van der Waals surface area (Å²) in [5, 5.41) is 3.59. The lowest BCUT2D eigenvalue weighted by Crippen LogP contribution is -2.18. The Morgan fingerprint density at radius 2 is 1.91 bits per heavy atom.